The minimum Gasteiger partial charge on any atom is -0.286 e. The molecule has 2 aromatic carbocycles. The molecule has 0 amide bonds. The van der Waals surface area contributed by atoms with Gasteiger partial charge in [-0.05, 0) is 30.3 Å². The maximum atomic E-state index is 12.2. The van der Waals surface area contributed by atoms with E-state index in [1.54, 1.807) is 36.4 Å². The maximum absolute atomic E-state index is 12.2. The third kappa shape index (κ3) is 3.99. The van der Waals surface area contributed by atoms with Crippen molar-refractivity contribution in [2.45, 2.75) is 0 Å². The number of Topliss-reactive ketones (excluding diaryl/α,β-unsaturated/α-hetero) is 1. The third-order valence-corrected chi connectivity index (χ3v) is 3.34. The Labute approximate surface area is 139 Å². The number of hydrazone groups is 1. The van der Waals surface area contributed by atoms with Crippen molar-refractivity contribution in [3.8, 4) is 6.07 Å². The van der Waals surface area contributed by atoms with Crippen LogP contribution in [0.5, 0.6) is 0 Å². The molecule has 0 saturated carbocycles. The summed E-state index contributed by atoms with van der Waals surface area (Å²) in [7, 11) is 0. The molecule has 0 fully saturated rings. The number of nitro groups is 1. The molecule has 0 aliphatic heterocycles. The Morgan fingerprint density at radius 3 is 2.48 bits per heavy atom. The first-order valence-corrected chi connectivity index (χ1v) is 7.09. The van der Waals surface area contributed by atoms with Crippen LogP contribution >= 0.6 is 15.9 Å². The van der Waals surface area contributed by atoms with Crippen molar-refractivity contribution in [3.63, 3.8) is 0 Å². The van der Waals surface area contributed by atoms with Crippen LogP contribution in [0, 0.1) is 21.4 Å². The lowest BCUT2D eigenvalue weighted by Crippen LogP contribution is -2.14. The van der Waals surface area contributed by atoms with Crippen LogP contribution in [-0.4, -0.2) is 16.4 Å². The summed E-state index contributed by atoms with van der Waals surface area (Å²) >= 11 is 3.25. The van der Waals surface area contributed by atoms with Gasteiger partial charge in [0.2, 0.25) is 11.5 Å². The number of anilines is 1. The van der Waals surface area contributed by atoms with Gasteiger partial charge in [-0.2, -0.15) is 10.4 Å². The highest BCUT2D eigenvalue weighted by Crippen LogP contribution is 2.23. The number of carbonyl (C=O) groups excluding carboxylic acids is 1. The zero-order chi connectivity index (χ0) is 16.8. The highest BCUT2D eigenvalue weighted by atomic mass is 79.9. The SMILES string of the molecule is N#C/C(=N\Nc1ccccc1[N+](=O)[O-])C(=O)c1ccc(Br)cc1. The van der Waals surface area contributed by atoms with Crippen LogP contribution < -0.4 is 5.43 Å². The monoisotopic (exact) mass is 372 g/mol. The molecule has 7 nitrogen and oxygen atoms in total. The molecule has 2 rings (SSSR count). The molecule has 0 aliphatic rings. The number of nitrogens with one attached hydrogen (secondary N) is 1. The number of benzene rings is 2. The Morgan fingerprint density at radius 1 is 1.22 bits per heavy atom. The van der Waals surface area contributed by atoms with Crippen LogP contribution in [0.25, 0.3) is 0 Å². The van der Waals surface area contributed by atoms with Gasteiger partial charge in [-0.1, -0.05) is 28.1 Å². The Hall–Kier alpha value is -3.05. The van der Waals surface area contributed by atoms with E-state index < -0.39 is 16.4 Å². The average Bonchev–Trinajstić information content (AvgIpc) is 2.56. The van der Waals surface area contributed by atoms with Gasteiger partial charge in [-0.3, -0.25) is 20.3 Å². The highest BCUT2D eigenvalue weighted by molar-refractivity contribution is 9.10. The maximum Gasteiger partial charge on any atom is 0.294 e. The summed E-state index contributed by atoms with van der Waals surface area (Å²) in [5, 5.41) is 23.7. The second-order valence-electron chi connectivity index (χ2n) is 4.29. The molecule has 0 aromatic heterocycles. The lowest BCUT2D eigenvalue weighted by Gasteiger charge is -2.03. The number of carbonyl (C=O) groups is 1. The standard InChI is InChI=1S/C15H9BrN4O3/c16-11-7-5-10(6-8-11)15(21)13(9-17)19-18-12-3-1-2-4-14(12)20(22)23/h1-8,18H/b19-13+. The quantitative estimate of drug-likeness (QED) is 0.373. The number of hydrogen-bond acceptors (Lipinski definition) is 6. The zero-order valence-electron chi connectivity index (χ0n) is 11.6. The molecule has 2 aromatic rings. The Bertz CT molecular complexity index is 825. The summed E-state index contributed by atoms with van der Waals surface area (Å²) < 4.78 is 0.794. The first-order chi connectivity index (χ1) is 11.0. The number of nitro benzene ring substituents is 1. The van der Waals surface area contributed by atoms with Gasteiger partial charge in [0.15, 0.2) is 0 Å². The normalized spacial score (nSPS) is 10.7. The van der Waals surface area contributed by atoms with Crippen molar-refractivity contribution >= 4 is 38.8 Å². The van der Waals surface area contributed by atoms with E-state index in [2.05, 4.69) is 26.5 Å². The second kappa shape index (κ2) is 7.29. The number of rotatable bonds is 5. The van der Waals surface area contributed by atoms with Crippen molar-refractivity contribution in [1.29, 1.82) is 5.26 Å². The molecular weight excluding hydrogens is 364 g/mol. The molecule has 1 N–H and O–H groups in total. The topological polar surface area (TPSA) is 108 Å². The predicted molar refractivity (Wildman–Crippen MR) is 88.2 cm³/mol. The van der Waals surface area contributed by atoms with E-state index in [1.165, 1.54) is 18.2 Å². The van der Waals surface area contributed by atoms with E-state index in [0.29, 0.717) is 0 Å². The smallest absolute Gasteiger partial charge is 0.286 e. The van der Waals surface area contributed by atoms with Crippen LogP contribution in [0.4, 0.5) is 11.4 Å². The van der Waals surface area contributed by atoms with E-state index in [9.17, 15) is 14.9 Å². The average molecular weight is 373 g/mol. The minimum absolute atomic E-state index is 0.0915. The van der Waals surface area contributed by atoms with E-state index in [-0.39, 0.29) is 16.9 Å². The van der Waals surface area contributed by atoms with Crippen molar-refractivity contribution < 1.29 is 9.72 Å². The molecule has 0 aliphatic carbocycles. The van der Waals surface area contributed by atoms with Gasteiger partial charge < -0.3 is 0 Å². The Morgan fingerprint density at radius 2 is 1.87 bits per heavy atom. The molecular formula is C15H9BrN4O3. The van der Waals surface area contributed by atoms with Crippen LogP contribution in [-0.2, 0) is 0 Å². The summed E-state index contributed by atoms with van der Waals surface area (Å²) in [5.41, 5.74) is 2.18. The van der Waals surface area contributed by atoms with Gasteiger partial charge in [0.25, 0.3) is 5.69 Å². The van der Waals surface area contributed by atoms with Crippen molar-refractivity contribution in [2.24, 2.45) is 5.10 Å². The van der Waals surface area contributed by atoms with Crippen molar-refractivity contribution in [1.82, 2.24) is 0 Å². The largest absolute Gasteiger partial charge is 0.294 e. The molecule has 0 spiro atoms. The summed E-state index contributed by atoms with van der Waals surface area (Å²) in [6, 6.07) is 13.9. The molecule has 23 heavy (non-hydrogen) atoms. The summed E-state index contributed by atoms with van der Waals surface area (Å²) in [4.78, 5) is 22.5. The summed E-state index contributed by atoms with van der Waals surface area (Å²) in [5.74, 6) is -0.578. The molecule has 0 bridgehead atoms. The van der Waals surface area contributed by atoms with Gasteiger partial charge in [-0.15, -0.1) is 0 Å². The fraction of sp³-hybridized carbons (Fsp3) is 0. The van der Waals surface area contributed by atoms with Gasteiger partial charge in [0, 0.05) is 16.1 Å². The number of halogens is 1. The summed E-state index contributed by atoms with van der Waals surface area (Å²) in [6.07, 6.45) is 0. The van der Waals surface area contributed by atoms with Crippen molar-refractivity contribution in [2.75, 3.05) is 5.43 Å². The number of nitrogens with zero attached hydrogens (tertiary/aromatic N) is 3. The van der Waals surface area contributed by atoms with Gasteiger partial charge in [-0.25, -0.2) is 0 Å². The highest BCUT2D eigenvalue weighted by Gasteiger charge is 2.16. The first kappa shape index (κ1) is 16.3. The molecule has 8 heteroatoms. The fourth-order valence-electron chi connectivity index (χ4n) is 1.71. The number of hydrogen-bond donors (Lipinski definition) is 1. The zero-order valence-corrected chi connectivity index (χ0v) is 13.1. The Kier molecular flexibility index (Phi) is 5.17. The molecule has 0 radical (unpaired) electrons. The minimum atomic E-state index is -0.583. The molecule has 0 heterocycles. The molecule has 114 valence electrons. The van der Waals surface area contributed by atoms with Gasteiger partial charge in [0.05, 0.1) is 4.92 Å². The molecule has 0 saturated heterocycles. The van der Waals surface area contributed by atoms with E-state index in [0.717, 1.165) is 4.47 Å². The van der Waals surface area contributed by atoms with Crippen molar-refractivity contribution in [3.05, 3.63) is 68.7 Å². The summed E-state index contributed by atoms with van der Waals surface area (Å²) in [6.45, 7) is 0. The first-order valence-electron chi connectivity index (χ1n) is 6.30. The lowest BCUT2D eigenvalue weighted by atomic mass is 10.1. The molecule has 0 unspecified atom stereocenters. The lowest BCUT2D eigenvalue weighted by molar-refractivity contribution is -0.384. The van der Waals surface area contributed by atoms with E-state index in [4.69, 9.17) is 5.26 Å². The predicted octanol–water partition coefficient (Wildman–Crippen LogP) is 3.53. The van der Waals surface area contributed by atoms with Crippen LogP contribution in [0.3, 0.4) is 0 Å². The number of nitriles is 1. The van der Waals surface area contributed by atoms with Crippen LogP contribution in [0.15, 0.2) is 58.1 Å². The molecule has 0 atom stereocenters. The number of para-hydroxylation sites is 2. The fourth-order valence-corrected chi connectivity index (χ4v) is 1.97. The van der Waals surface area contributed by atoms with Gasteiger partial charge >= 0.3 is 0 Å². The number of ketones is 1. The van der Waals surface area contributed by atoms with Crippen LogP contribution in [0.2, 0.25) is 0 Å². The van der Waals surface area contributed by atoms with E-state index >= 15 is 0 Å². The second-order valence-corrected chi connectivity index (χ2v) is 5.21. The van der Waals surface area contributed by atoms with E-state index in [1.807, 2.05) is 0 Å². The third-order valence-electron chi connectivity index (χ3n) is 2.82. The van der Waals surface area contributed by atoms with Crippen LogP contribution in [0.1, 0.15) is 10.4 Å². The van der Waals surface area contributed by atoms with Gasteiger partial charge in [0.1, 0.15) is 11.8 Å². The Balaban J connectivity index is 2.26.